The van der Waals surface area contributed by atoms with E-state index in [4.69, 9.17) is 14.2 Å². The summed E-state index contributed by atoms with van der Waals surface area (Å²) in [5.41, 5.74) is -1.39. The zero-order valence-electron chi connectivity index (χ0n) is 33.5. The summed E-state index contributed by atoms with van der Waals surface area (Å²) >= 11 is 1.44. The van der Waals surface area contributed by atoms with E-state index in [2.05, 4.69) is 20.3 Å². The molecule has 17 heteroatoms. The first-order chi connectivity index (χ1) is 27.5. The van der Waals surface area contributed by atoms with Crippen LogP contribution < -0.4 is 29.6 Å². The highest BCUT2D eigenvalue weighted by Crippen LogP contribution is 2.48. The number of thioether (sulfide) groups is 1. The molecule has 2 aliphatic carbocycles. The molecule has 3 N–H and O–H groups in total. The number of pyridine rings is 1. The van der Waals surface area contributed by atoms with Crippen LogP contribution >= 0.6 is 11.8 Å². The highest BCUT2D eigenvalue weighted by molar-refractivity contribution is 8.04. The van der Waals surface area contributed by atoms with Crippen LogP contribution in [-0.2, 0) is 29.2 Å². The normalized spacial score (nSPS) is 28.9. The lowest BCUT2D eigenvalue weighted by atomic mass is 10.0. The number of hydrogen-bond acceptors (Lipinski definition) is 11. The number of benzene rings is 1. The number of carbonyl (C=O) groups is 4. The van der Waals surface area contributed by atoms with Crippen molar-refractivity contribution in [2.24, 2.45) is 5.92 Å². The van der Waals surface area contributed by atoms with Crippen LogP contribution in [0, 0.1) is 11.7 Å². The zero-order chi connectivity index (χ0) is 41.6. The summed E-state index contributed by atoms with van der Waals surface area (Å²) in [6, 6.07) is 2.20. The Kier molecular flexibility index (Phi) is 11.8. The van der Waals surface area contributed by atoms with Crippen LogP contribution in [0.1, 0.15) is 91.9 Å². The minimum Gasteiger partial charge on any atom is -0.491 e. The Morgan fingerprint density at radius 1 is 1.16 bits per heavy atom. The van der Waals surface area contributed by atoms with Crippen molar-refractivity contribution >= 4 is 56.3 Å². The molecule has 314 valence electrons. The van der Waals surface area contributed by atoms with E-state index in [1.165, 1.54) is 35.9 Å². The Bertz CT molecular complexity index is 2160. The number of nitrogens with zero attached hydrogens (tertiary/aromatic N) is 2. The predicted molar refractivity (Wildman–Crippen MR) is 216 cm³/mol. The number of allylic oxidation sites excluding steroid dienone is 3. The van der Waals surface area contributed by atoms with Crippen LogP contribution in [0.4, 0.5) is 4.39 Å². The van der Waals surface area contributed by atoms with Crippen molar-refractivity contribution in [1.29, 1.82) is 0 Å². The van der Waals surface area contributed by atoms with E-state index in [-0.39, 0.29) is 59.5 Å². The molecule has 7 rings (SSSR count). The fourth-order valence-electron chi connectivity index (χ4n) is 7.93. The van der Waals surface area contributed by atoms with Gasteiger partial charge in [-0.3, -0.25) is 23.9 Å². The second kappa shape index (κ2) is 16.3. The minimum atomic E-state index is -4.02. The fraction of sp³-hybridized carbons (Fsp3) is 0.585. The Hall–Kier alpha value is -4.38. The summed E-state index contributed by atoms with van der Waals surface area (Å²) in [6.45, 7) is 7.07. The van der Waals surface area contributed by atoms with Crippen molar-refractivity contribution in [2.45, 2.75) is 132 Å². The summed E-state index contributed by atoms with van der Waals surface area (Å²) in [7, 11) is -2.69. The van der Waals surface area contributed by atoms with E-state index in [0.29, 0.717) is 43.9 Å². The van der Waals surface area contributed by atoms with E-state index in [1.54, 1.807) is 13.0 Å². The lowest BCUT2D eigenvalue weighted by Crippen LogP contribution is -2.59. The van der Waals surface area contributed by atoms with Gasteiger partial charge in [-0.2, -0.15) is 0 Å². The second-order valence-corrected chi connectivity index (χ2v) is 20.2. The molecule has 2 unspecified atom stereocenters. The number of fused-ring (bicyclic) bond motifs is 3. The second-order valence-electron chi connectivity index (χ2n) is 16.5. The predicted octanol–water partition coefficient (Wildman–Crippen LogP) is 4.81. The maximum atomic E-state index is 14.9. The van der Waals surface area contributed by atoms with Gasteiger partial charge in [0, 0.05) is 23.8 Å². The minimum absolute atomic E-state index is 0.0169. The number of hydrogen-bond donors (Lipinski definition) is 3. The number of halogens is 1. The van der Waals surface area contributed by atoms with Gasteiger partial charge in [0.05, 0.1) is 29.8 Å². The molecular weight excluding hydrogens is 790 g/mol. The van der Waals surface area contributed by atoms with E-state index < -0.39 is 68.0 Å². The van der Waals surface area contributed by atoms with Crippen LogP contribution in [0.3, 0.4) is 0 Å². The molecule has 1 aromatic heterocycles. The first-order valence-corrected chi connectivity index (χ1v) is 22.4. The molecule has 1 saturated heterocycles. The largest absolute Gasteiger partial charge is 0.491 e. The molecule has 3 aliphatic heterocycles. The molecule has 6 atom stereocenters. The number of nitrogens with one attached hydrogen (secondary N) is 3. The summed E-state index contributed by atoms with van der Waals surface area (Å²) in [4.78, 5) is 63.7. The molecule has 0 spiro atoms. The van der Waals surface area contributed by atoms with Gasteiger partial charge in [0.25, 0.3) is 5.91 Å². The van der Waals surface area contributed by atoms with E-state index in [9.17, 15) is 32.0 Å². The number of amides is 4. The zero-order valence-corrected chi connectivity index (χ0v) is 35.1. The average Bonchev–Trinajstić information content (AvgIpc) is 3.96. The maximum absolute atomic E-state index is 14.9. The molecule has 1 aromatic carbocycles. The monoisotopic (exact) mass is 841 g/mol. The quantitative estimate of drug-likeness (QED) is 0.280. The van der Waals surface area contributed by atoms with Gasteiger partial charge >= 0.3 is 0 Å². The van der Waals surface area contributed by atoms with E-state index in [1.807, 2.05) is 39.0 Å². The lowest BCUT2D eigenvalue weighted by molar-refractivity contribution is -0.142. The molecule has 4 amide bonds. The topological polar surface area (TPSA) is 182 Å². The fourth-order valence-corrected chi connectivity index (χ4v) is 10.2. The molecule has 0 bridgehead atoms. The molecule has 4 heterocycles. The van der Waals surface area contributed by atoms with Gasteiger partial charge in [-0.05, 0) is 89.7 Å². The Morgan fingerprint density at radius 2 is 1.93 bits per heavy atom. The highest BCUT2D eigenvalue weighted by Gasteiger charge is 2.63. The number of methoxy groups -OCH3 is 1. The number of aromatic nitrogens is 1. The third kappa shape index (κ3) is 8.52. The Balaban J connectivity index is 1.22. The smallest absolute Gasteiger partial charge is 0.259 e. The molecule has 2 aromatic rings. The number of sulfonamides is 1. The van der Waals surface area contributed by atoms with Gasteiger partial charge in [-0.1, -0.05) is 31.1 Å². The van der Waals surface area contributed by atoms with Gasteiger partial charge in [-0.15, -0.1) is 11.8 Å². The molecule has 58 heavy (non-hydrogen) atoms. The summed E-state index contributed by atoms with van der Waals surface area (Å²) in [5, 5.41) is 5.91. The molecule has 2 saturated carbocycles. The van der Waals surface area contributed by atoms with E-state index >= 15 is 0 Å². The standard InChI is InChI=1S/C41H52FN5O9S2/c1-23(2)55-33-20-31(27-14-15-28(42)35(54-5)34(27)44-33)56-26-19-30-36(48)45-41(39(51)46-58(52,53)40(4)17-18-40)21-25(41)11-9-7-6-8-10-12-29(38(50)47(30)22-26)43-37(49)32-16-13-24(3)57-32/h9,11,13-15,20,23,25-26,29-30,32H,6-8,10,12,16-19,21-22H2,1-5H3,(H,43,49)(H,45,48)(H,46,51)/b11-9-/t25?,26-,29+,30+,32?,41-/m1/s1. The third-order valence-electron chi connectivity index (χ3n) is 11.7. The van der Waals surface area contributed by atoms with Crippen molar-refractivity contribution in [3.63, 3.8) is 0 Å². The first-order valence-electron chi connectivity index (χ1n) is 20.0. The summed E-state index contributed by atoms with van der Waals surface area (Å²) in [6.07, 6.45) is 9.48. The van der Waals surface area contributed by atoms with Crippen molar-refractivity contribution in [3.05, 3.63) is 47.1 Å². The molecular formula is C41H52FN5O9S2. The number of carbonyl (C=O) groups excluding carboxylic acids is 4. The average molecular weight is 842 g/mol. The first kappa shape index (κ1) is 41.8. The van der Waals surface area contributed by atoms with Crippen molar-refractivity contribution in [2.75, 3.05) is 13.7 Å². The van der Waals surface area contributed by atoms with Crippen LogP contribution in [0.25, 0.3) is 10.9 Å². The summed E-state index contributed by atoms with van der Waals surface area (Å²) in [5.74, 6) is -3.01. The highest BCUT2D eigenvalue weighted by atomic mass is 32.2. The molecule has 0 radical (unpaired) electrons. The third-order valence-corrected chi connectivity index (χ3v) is 15.1. The van der Waals surface area contributed by atoms with Crippen molar-refractivity contribution in [1.82, 2.24) is 25.2 Å². The number of ether oxygens (including phenoxy) is 3. The van der Waals surface area contributed by atoms with Crippen LogP contribution in [0.5, 0.6) is 17.4 Å². The van der Waals surface area contributed by atoms with Crippen LogP contribution in [-0.4, -0.2) is 95.4 Å². The Labute approximate surface area is 342 Å². The van der Waals surface area contributed by atoms with Crippen molar-refractivity contribution in [3.8, 4) is 17.4 Å². The van der Waals surface area contributed by atoms with Gasteiger partial charge in [0.15, 0.2) is 11.6 Å². The van der Waals surface area contributed by atoms with Gasteiger partial charge in [0.1, 0.15) is 35.0 Å². The van der Waals surface area contributed by atoms with Crippen LogP contribution in [0.15, 0.2) is 41.3 Å². The molecule has 5 aliphatic rings. The Morgan fingerprint density at radius 3 is 2.62 bits per heavy atom. The van der Waals surface area contributed by atoms with Crippen molar-refractivity contribution < 1.29 is 46.2 Å². The number of rotatable bonds is 10. The van der Waals surface area contributed by atoms with E-state index in [0.717, 1.165) is 17.7 Å². The molecule has 3 fully saturated rings. The SMILES string of the molecule is COc1c(F)ccc2c(O[C@@H]3C[C@H]4C(=O)N[C@]5(C(=O)NS(=O)(=O)C6(C)CC6)CC5/C=C\CCCCC[C@H](NC(=O)C5CC=C(C)S5)C(=O)N4C3)cc(OC(C)C)nc12. The molecule has 14 nitrogen and oxygen atoms in total. The summed E-state index contributed by atoms with van der Waals surface area (Å²) < 4.78 is 60.4. The maximum Gasteiger partial charge on any atom is 0.259 e. The lowest BCUT2D eigenvalue weighted by Gasteiger charge is -2.30. The van der Waals surface area contributed by atoms with Gasteiger partial charge < -0.3 is 29.7 Å². The van der Waals surface area contributed by atoms with Gasteiger partial charge in [0.2, 0.25) is 33.6 Å². The van der Waals surface area contributed by atoms with Gasteiger partial charge in [-0.25, -0.2) is 17.8 Å². The van der Waals surface area contributed by atoms with Crippen LogP contribution in [0.2, 0.25) is 0 Å².